The van der Waals surface area contributed by atoms with Crippen molar-refractivity contribution in [1.82, 2.24) is 0 Å². The van der Waals surface area contributed by atoms with Gasteiger partial charge in [-0.05, 0) is 6.92 Å². The van der Waals surface area contributed by atoms with Crippen molar-refractivity contribution in [3.8, 4) is 0 Å². The third kappa shape index (κ3) is 4.26. The zero-order chi connectivity index (χ0) is 13.1. The molecule has 0 unspecified atom stereocenters. The highest BCUT2D eigenvalue weighted by atomic mass is 32.2. The molecule has 0 aliphatic rings. The summed E-state index contributed by atoms with van der Waals surface area (Å²) in [5.74, 6) is -0.966. The number of ketones is 1. The van der Waals surface area contributed by atoms with E-state index in [1.54, 1.807) is 13.8 Å². The van der Waals surface area contributed by atoms with Gasteiger partial charge >= 0.3 is 0 Å². The largest absolute Gasteiger partial charge is 0.382 e. The molecule has 0 fully saturated rings. The maximum Gasteiger partial charge on any atom is 0.195 e. The first-order valence-electron chi connectivity index (χ1n) is 5.51. The normalized spacial score (nSPS) is 17.7. The molecule has 0 bridgehead atoms. The quantitative estimate of drug-likeness (QED) is 0.827. The van der Waals surface area contributed by atoms with E-state index in [4.69, 9.17) is 0 Å². The lowest BCUT2D eigenvalue weighted by molar-refractivity contribution is -0.144. The first-order chi connectivity index (χ1) is 7.02. The second-order valence-corrected chi connectivity index (χ2v) is 7.01. The average molecular weight is 246 g/mol. The van der Waals surface area contributed by atoms with Gasteiger partial charge in [0.05, 0.1) is 5.92 Å². The van der Waals surface area contributed by atoms with Gasteiger partial charge < -0.3 is 5.11 Å². The number of aliphatic hydroxyl groups is 1. The molecule has 4 heteroatoms. The minimum absolute atomic E-state index is 0.140. The van der Waals surface area contributed by atoms with Crippen LogP contribution in [0.4, 0.5) is 0 Å². The van der Waals surface area contributed by atoms with Gasteiger partial charge in [-0.1, -0.05) is 46.4 Å². The van der Waals surface area contributed by atoms with E-state index in [1.165, 1.54) is 18.7 Å². The lowest BCUT2D eigenvalue weighted by Crippen LogP contribution is -2.44. The topological polar surface area (TPSA) is 54.4 Å². The van der Waals surface area contributed by atoms with Crippen molar-refractivity contribution in [2.45, 2.75) is 58.3 Å². The molecule has 0 spiro atoms. The molecular formula is C12H22O3S. The predicted octanol–water partition coefficient (Wildman–Crippen LogP) is 2.41. The molecule has 0 saturated carbocycles. The van der Waals surface area contributed by atoms with Gasteiger partial charge in [0.1, 0.15) is 5.60 Å². The predicted molar refractivity (Wildman–Crippen MR) is 67.4 cm³/mol. The molecule has 0 aromatic carbocycles. The number of carbonyl (C=O) groups excluding carboxylic acids is 2. The van der Waals surface area contributed by atoms with E-state index in [-0.39, 0.29) is 22.1 Å². The summed E-state index contributed by atoms with van der Waals surface area (Å²) in [6, 6.07) is 0. The molecule has 1 N–H and O–H groups in total. The maximum atomic E-state index is 11.9. The molecule has 16 heavy (non-hydrogen) atoms. The zero-order valence-electron chi connectivity index (χ0n) is 11.0. The average Bonchev–Trinajstić information content (AvgIpc) is 2.12. The molecule has 2 atom stereocenters. The molecule has 0 amide bonds. The fraction of sp³-hybridized carbons (Fsp3) is 0.833. The Balaban J connectivity index is 4.73. The number of thioether (sulfide) groups is 1. The van der Waals surface area contributed by atoms with Gasteiger partial charge in [0.15, 0.2) is 10.9 Å². The molecule has 0 aliphatic carbocycles. The molecule has 0 aromatic heterocycles. The van der Waals surface area contributed by atoms with E-state index in [1.807, 2.05) is 20.8 Å². The molecule has 0 heterocycles. The molecular weight excluding hydrogens is 224 g/mol. The standard InChI is InChI=1S/C12H22O3S/c1-7-9(13)12(6,15)8(2)10(14)16-11(3,4)5/h8,15H,7H2,1-6H3/t8-,12-/m1/s1. The fourth-order valence-electron chi connectivity index (χ4n) is 1.22. The van der Waals surface area contributed by atoms with Crippen LogP contribution >= 0.6 is 11.8 Å². The second kappa shape index (κ2) is 5.32. The number of carbonyl (C=O) groups is 2. The smallest absolute Gasteiger partial charge is 0.195 e. The summed E-state index contributed by atoms with van der Waals surface area (Å²) in [7, 11) is 0. The Morgan fingerprint density at radius 3 is 2.00 bits per heavy atom. The Kier molecular flexibility index (Phi) is 5.20. The van der Waals surface area contributed by atoms with Crippen LogP contribution in [-0.4, -0.2) is 26.4 Å². The molecule has 94 valence electrons. The summed E-state index contributed by atoms with van der Waals surface area (Å²) in [5, 5.41) is 9.90. The molecule has 3 nitrogen and oxygen atoms in total. The molecule has 0 radical (unpaired) electrons. The minimum Gasteiger partial charge on any atom is -0.382 e. The number of hydrogen-bond acceptors (Lipinski definition) is 4. The van der Waals surface area contributed by atoms with Crippen LogP contribution in [-0.2, 0) is 9.59 Å². The summed E-state index contributed by atoms with van der Waals surface area (Å²) >= 11 is 1.17. The van der Waals surface area contributed by atoms with Gasteiger partial charge in [-0.3, -0.25) is 9.59 Å². The van der Waals surface area contributed by atoms with E-state index in [0.29, 0.717) is 0 Å². The van der Waals surface area contributed by atoms with Gasteiger partial charge in [-0.15, -0.1) is 0 Å². The van der Waals surface area contributed by atoms with Gasteiger partial charge in [0.25, 0.3) is 0 Å². The monoisotopic (exact) mass is 246 g/mol. The first kappa shape index (κ1) is 15.7. The van der Waals surface area contributed by atoms with E-state index < -0.39 is 11.5 Å². The van der Waals surface area contributed by atoms with Crippen molar-refractivity contribution < 1.29 is 14.7 Å². The van der Waals surface area contributed by atoms with Gasteiger partial charge in [0.2, 0.25) is 0 Å². The fourth-order valence-corrected chi connectivity index (χ4v) is 2.23. The Morgan fingerprint density at radius 2 is 1.69 bits per heavy atom. The number of hydrogen-bond donors (Lipinski definition) is 1. The summed E-state index contributed by atoms with van der Waals surface area (Å²) < 4.78 is -0.198. The van der Waals surface area contributed by atoms with E-state index in [9.17, 15) is 14.7 Å². The number of rotatable bonds is 4. The first-order valence-corrected chi connectivity index (χ1v) is 6.32. The third-order valence-corrected chi connectivity index (χ3v) is 3.66. The van der Waals surface area contributed by atoms with Crippen LogP contribution in [0.5, 0.6) is 0 Å². The van der Waals surface area contributed by atoms with Crippen LogP contribution < -0.4 is 0 Å². The van der Waals surface area contributed by atoms with E-state index >= 15 is 0 Å². The second-order valence-electron chi connectivity index (χ2n) is 5.18. The summed E-state index contributed by atoms with van der Waals surface area (Å²) in [6.45, 7) is 10.5. The lowest BCUT2D eigenvalue weighted by Gasteiger charge is -2.29. The van der Waals surface area contributed by atoms with Crippen LogP contribution in [0, 0.1) is 5.92 Å². The van der Waals surface area contributed by atoms with Crippen molar-refractivity contribution >= 4 is 22.7 Å². The maximum absolute atomic E-state index is 11.9. The van der Waals surface area contributed by atoms with Crippen molar-refractivity contribution in [1.29, 1.82) is 0 Å². The van der Waals surface area contributed by atoms with E-state index in [2.05, 4.69) is 0 Å². The highest BCUT2D eigenvalue weighted by Gasteiger charge is 2.40. The third-order valence-electron chi connectivity index (χ3n) is 2.49. The molecule has 0 aliphatic heterocycles. The van der Waals surface area contributed by atoms with Gasteiger partial charge in [0, 0.05) is 11.2 Å². The zero-order valence-corrected chi connectivity index (χ0v) is 11.8. The minimum atomic E-state index is -1.55. The highest BCUT2D eigenvalue weighted by molar-refractivity contribution is 8.14. The van der Waals surface area contributed by atoms with Crippen molar-refractivity contribution in [3.05, 3.63) is 0 Å². The lowest BCUT2D eigenvalue weighted by atomic mass is 9.86. The van der Waals surface area contributed by atoms with Crippen molar-refractivity contribution in [2.24, 2.45) is 5.92 Å². The van der Waals surface area contributed by atoms with Crippen LogP contribution in [0.1, 0.15) is 48.0 Å². The Bertz CT molecular complexity index is 276. The summed E-state index contributed by atoms with van der Waals surface area (Å²) in [4.78, 5) is 23.4. The van der Waals surface area contributed by atoms with Crippen molar-refractivity contribution in [2.75, 3.05) is 0 Å². The summed E-state index contributed by atoms with van der Waals surface area (Å²) in [6.07, 6.45) is 0.241. The summed E-state index contributed by atoms with van der Waals surface area (Å²) in [5.41, 5.74) is -1.55. The van der Waals surface area contributed by atoms with Crippen LogP contribution in [0.25, 0.3) is 0 Å². The number of Topliss-reactive ketones (excluding diaryl/α,β-unsaturated/α-hetero) is 1. The van der Waals surface area contributed by atoms with Crippen LogP contribution in [0.3, 0.4) is 0 Å². The van der Waals surface area contributed by atoms with Crippen molar-refractivity contribution in [3.63, 3.8) is 0 Å². The van der Waals surface area contributed by atoms with Crippen LogP contribution in [0.15, 0.2) is 0 Å². The Morgan fingerprint density at radius 1 is 1.25 bits per heavy atom. The SMILES string of the molecule is CCC(=O)[C@](C)(O)[C@H](C)C(=O)SC(C)(C)C. The Labute approximate surface area is 102 Å². The van der Waals surface area contributed by atoms with Crippen LogP contribution in [0.2, 0.25) is 0 Å². The highest BCUT2D eigenvalue weighted by Crippen LogP contribution is 2.31. The molecule has 0 aromatic rings. The Hall–Kier alpha value is -0.350. The molecule has 0 saturated heterocycles. The molecule has 0 rings (SSSR count). The van der Waals surface area contributed by atoms with Gasteiger partial charge in [-0.25, -0.2) is 0 Å². The van der Waals surface area contributed by atoms with E-state index in [0.717, 1.165) is 0 Å². The van der Waals surface area contributed by atoms with Gasteiger partial charge in [-0.2, -0.15) is 0 Å².